The molecule has 1 heterocycles. The summed E-state index contributed by atoms with van der Waals surface area (Å²) in [5.74, 6) is 0.344. The number of carbonyl (C=O) groups is 1. The van der Waals surface area contributed by atoms with Crippen LogP contribution in [0.3, 0.4) is 0 Å². The first kappa shape index (κ1) is 14.7. The first-order valence-electron chi connectivity index (χ1n) is 6.85. The average Bonchev–Trinajstić information content (AvgIpc) is 2.47. The van der Waals surface area contributed by atoms with Gasteiger partial charge in [0.15, 0.2) is 11.5 Å². The topological polar surface area (TPSA) is 53.0 Å². The van der Waals surface area contributed by atoms with Crippen molar-refractivity contribution < 1.29 is 14.6 Å². The molecule has 1 amide bonds. The molecule has 1 N–H and O–H groups in total. The number of amides is 1. The molecule has 0 aliphatic carbocycles. The van der Waals surface area contributed by atoms with Crippen molar-refractivity contribution in [2.75, 3.05) is 34.3 Å². The highest BCUT2D eigenvalue weighted by Crippen LogP contribution is 2.27. The fourth-order valence-electron chi connectivity index (χ4n) is 2.56. The number of rotatable bonds is 3. The molecule has 0 spiro atoms. The van der Waals surface area contributed by atoms with Crippen LogP contribution in [-0.4, -0.2) is 61.2 Å². The maximum absolute atomic E-state index is 12.5. The van der Waals surface area contributed by atoms with Gasteiger partial charge in [0, 0.05) is 18.7 Å². The Morgan fingerprint density at radius 1 is 1.40 bits per heavy atom. The van der Waals surface area contributed by atoms with Gasteiger partial charge in [-0.3, -0.25) is 4.79 Å². The molecule has 1 fully saturated rings. The summed E-state index contributed by atoms with van der Waals surface area (Å²) in [4.78, 5) is 16.6. The standard InChI is InChI=1S/C15H22N2O3/c1-16-8-6-12(7-9-16)17(2)15(19)11-4-5-13(18)14(10-11)20-3/h4-5,10,12,18H,6-9H2,1-3H3. The van der Waals surface area contributed by atoms with Crippen molar-refractivity contribution >= 4 is 5.91 Å². The number of phenolic OH excluding ortho intramolecular Hbond substituents is 1. The van der Waals surface area contributed by atoms with E-state index in [1.54, 1.807) is 17.0 Å². The minimum atomic E-state index is -0.0298. The average molecular weight is 278 g/mol. The number of phenols is 1. The third-order valence-corrected chi connectivity index (χ3v) is 3.98. The Kier molecular flexibility index (Phi) is 4.49. The molecule has 1 aliphatic rings. The zero-order valence-electron chi connectivity index (χ0n) is 12.3. The summed E-state index contributed by atoms with van der Waals surface area (Å²) in [6.07, 6.45) is 1.99. The quantitative estimate of drug-likeness (QED) is 0.912. The van der Waals surface area contributed by atoms with E-state index in [1.807, 2.05) is 7.05 Å². The van der Waals surface area contributed by atoms with E-state index in [4.69, 9.17) is 4.74 Å². The summed E-state index contributed by atoms with van der Waals surface area (Å²) in [5, 5.41) is 9.58. The number of nitrogens with zero attached hydrogens (tertiary/aromatic N) is 2. The Labute approximate surface area is 119 Å². The van der Waals surface area contributed by atoms with Gasteiger partial charge in [0.25, 0.3) is 5.91 Å². The molecule has 0 radical (unpaired) electrons. The maximum atomic E-state index is 12.5. The van der Waals surface area contributed by atoms with Crippen molar-refractivity contribution in [3.05, 3.63) is 23.8 Å². The number of carbonyl (C=O) groups excluding carboxylic acids is 1. The van der Waals surface area contributed by atoms with Crippen LogP contribution in [0.2, 0.25) is 0 Å². The molecule has 5 heteroatoms. The van der Waals surface area contributed by atoms with E-state index >= 15 is 0 Å². The second kappa shape index (κ2) is 6.13. The van der Waals surface area contributed by atoms with Gasteiger partial charge in [0.05, 0.1) is 7.11 Å². The van der Waals surface area contributed by atoms with Crippen molar-refractivity contribution in [3.63, 3.8) is 0 Å². The number of piperidine rings is 1. The summed E-state index contributed by atoms with van der Waals surface area (Å²) >= 11 is 0. The van der Waals surface area contributed by atoms with E-state index in [1.165, 1.54) is 13.2 Å². The molecule has 1 saturated heterocycles. The molecule has 2 rings (SSSR count). The van der Waals surface area contributed by atoms with Crippen molar-refractivity contribution in [3.8, 4) is 11.5 Å². The van der Waals surface area contributed by atoms with Crippen LogP contribution in [0.5, 0.6) is 11.5 Å². The molecular weight excluding hydrogens is 256 g/mol. The van der Waals surface area contributed by atoms with E-state index in [0.717, 1.165) is 25.9 Å². The van der Waals surface area contributed by atoms with Gasteiger partial charge >= 0.3 is 0 Å². The van der Waals surface area contributed by atoms with E-state index in [0.29, 0.717) is 11.3 Å². The van der Waals surface area contributed by atoms with Gasteiger partial charge in [0.1, 0.15) is 0 Å². The van der Waals surface area contributed by atoms with Gasteiger partial charge in [-0.2, -0.15) is 0 Å². The monoisotopic (exact) mass is 278 g/mol. The molecular formula is C15H22N2O3. The van der Waals surface area contributed by atoms with Crippen LogP contribution < -0.4 is 4.74 Å². The number of hydrogen-bond donors (Lipinski definition) is 1. The first-order valence-corrected chi connectivity index (χ1v) is 6.85. The smallest absolute Gasteiger partial charge is 0.253 e. The van der Waals surface area contributed by atoms with Gasteiger partial charge in [-0.25, -0.2) is 0 Å². The predicted molar refractivity (Wildman–Crippen MR) is 77.3 cm³/mol. The van der Waals surface area contributed by atoms with Gasteiger partial charge in [0.2, 0.25) is 0 Å². The van der Waals surface area contributed by atoms with Gasteiger partial charge in [-0.1, -0.05) is 0 Å². The lowest BCUT2D eigenvalue weighted by molar-refractivity contribution is 0.0659. The van der Waals surface area contributed by atoms with Crippen LogP contribution in [-0.2, 0) is 0 Å². The summed E-state index contributed by atoms with van der Waals surface area (Å²) in [5.41, 5.74) is 0.543. The molecule has 0 atom stereocenters. The third-order valence-electron chi connectivity index (χ3n) is 3.98. The van der Waals surface area contributed by atoms with E-state index in [-0.39, 0.29) is 17.7 Å². The minimum Gasteiger partial charge on any atom is -0.504 e. The summed E-state index contributed by atoms with van der Waals surface area (Å²) < 4.78 is 5.05. The molecule has 0 bridgehead atoms. The number of benzene rings is 1. The van der Waals surface area contributed by atoms with Gasteiger partial charge in [-0.05, 0) is 51.2 Å². The normalized spacial score (nSPS) is 16.9. The summed E-state index contributed by atoms with van der Waals surface area (Å²) in [6, 6.07) is 4.99. The van der Waals surface area contributed by atoms with Gasteiger partial charge < -0.3 is 19.6 Å². The van der Waals surface area contributed by atoms with Crippen molar-refractivity contribution in [2.45, 2.75) is 18.9 Å². The number of ether oxygens (including phenoxy) is 1. The van der Waals surface area contributed by atoms with Crippen LogP contribution >= 0.6 is 0 Å². The minimum absolute atomic E-state index is 0.0298. The molecule has 1 aromatic rings. The SMILES string of the molecule is COc1cc(C(=O)N(C)C2CCN(C)CC2)ccc1O. The molecule has 20 heavy (non-hydrogen) atoms. The number of hydrogen-bond acceptors (Lipinski definition) is 4. The van der Waals surface area contributed by atoms with Crippen LogP contribution in [0.25, 0.3) is 0 Å². The fourth-order valence-corrected chi connectivity index (χ4v) is 2.56. The summed E-state index contributed by atoms with van der Waals surface area (Å²) in [6.45, 7) is 2.03. The fraction of sp³-hybridized carbons (Fsp3) is 0.533. The molecule has 1 aliphatic heterocycles. The molecule has 110 valence electrons. The molecule has 0 unspecified atom stereocenters. The highest BCUT2D eigenvalue weighted by molar-refractivity contribution is 5.95. The Bertz CT molecular complexity index is 482. The highest BCUT2D eigenvalue weighted by atomic mass is 16.5. The lowest BCUT2D eigenvalue weighted by Crippen LogP contribution is -2.44. The zero-order chi connectivity index (χ0) is 14.7. The highest BCUT2D eigenvalue weighted by Gasteiger charge is 2.25. The predicted octanol–water partition coefficient (Wildman–Crippen LogP) is 1.57. The maximum Gasteiger partial charge on any atom is 0.253 e. The number of likely N-dealkylation sites (tertiary alicyclic amines) is 1. The Morgan fingerprint density at radius 3 is 2.65 bits per heavy atom. The van der Waals surface area contributed by atoms with Crippen molar-refractivity contribution in [2.24, 2.45) is 0 Å². The van der Waals surface area contributed by atoms with Crippen molar-refractivity contribution in [1.82, 2.24) is 9.80 Å². The van der Waals surface area contributed by atoms with E-state index < -0.39 is 0 Å². The molecule has 1 aromatic carbocycles. The lowest BCUT2D eigenvalue weighted by atomic mass is 10.0. The number of methoxy groups -OCH3 is 1. The molecule has 5 nitrogen and oxygen atoms in total. The Balaban J connectivity index is 2.10. The summed E-state index contributed by atoms with van der Waals surface area (Å²) in [7, 11) is 5.42. The van der Waals surface area contributed by atoms with Crippen LogP contribution in [0.4, 0.5) is 0 Å². The second-order valence-electron chi connectivity index (χ2n) is 5.34. The van der Waals surface area contributed by atoms with Crippen LogP contribution in [0.15, 0.2) is 18.2 Å². The van der Waals surface area contributed by atoms with Crippen molar-refractivity contribution in [1.29, 1.82) is 0 Å². The van der Waals surface area contributed by atoms with E-state index in [2.05, 4.69) is 11.9 Å². The largest absolute Gasteiger partial charge is 0.504 e. The number of aromatic hydroxyl groups is 1. The van der Waals surface area contributed by atoms with Crippen LogP contribution in [0.1, 0.15) is 23.2 Å². The third kappa shape index (κ3) is 3.04. The zero-order valence-corrected chi connectivity index (χ0v) is 12.3. The Morgan fingerprint density at radius 2 is 2.05 bits per heavy atom. The van der Waals surface area contributed by atoms with E-state index in [9.17, 15) is 9.90 Å². The first-order chi connectivity index (χ1) is 9.52. The molecule has 0 aromatic heterocycles. The lowest BCUT2D eigenvalue weighted by Gasteiger charge is -2.35. The molecule has 0 saturated carbocycles. The van der Waals surface area contributed by atoms with Gasteiger partial charge in [-0.15, -0.1) is 0 Å². The second-order valence-corrected chi connectivity index (χ2v) is 5.34. The van der Waals surface area contributed by atoms with Crippen LogP contribution in [0, 0.1) is 0 Å². The Hall–Kier alpha value is -1.75.